The molecule has 0 saturated heterocycles. The summed E-state index contributed by atoms with van der Waals surface area (Å²) in [7, 11) is 0. The van der Waals surface area contributed by atoms with Gasteiger partial charge in [0.15, 0.2) is 0 Å². The van der Waals surface area contributed by atoms with Crippen molar-refractivity contribution in [2.24, 2.45) is 15.9 Å². The van der Waals surface area contributed by atoms with Gasteiger partial charge in [0.05, 0.1) is 27.7 Å². The number of halogens is 1. The van der Waals surface area contributed by atoms with E-state index < -0.39 is 27.2 Å². The molecule has 0 atom stereocenters. The second kappa shape index (κ2) is 7.60. The van der Waals surface area contributed by atoms with Gasteiger partial charge in [-0.25, -0.2) is 5.48 Å². The molecule has 4 N–H and O–H groups in total. The molecule has 0 bridgehead atoms. The van der Waals surface area contributed by atoms with Crippen molar-refractivity contribution in [3.8, 4) is 0 Å². The Morgan fingerprint density at radius 2 is 2.00 bits per heavy atom. The van der Waals surface area contributed by atoms with Gasteiger partial charge in [-0.1, -0.05) is 0 Å². The van der Waals surface area contributed by atoms with Crippen molar-refractivity contribution in [1.82, 2.24) is 5.48 Å². The van der Waals surface area contributed by atoms with E-state index in [2.05, 4.69) is 10.2 Å². The van der Waals surface area contributed by atoms with E-state index in [0.29, 0.717) is 0 Å². The third-order valence-electron chi connectivity index (χ3n) is 1.90. The summed E-state index contributed by atoms with van der Waals surface area (Å²) in [5.41, 5.74) is 5.65. The molecule has 0 spiro atoms. The maximum absolute atomic E-state index is 10.8. The first-order valence-electron chi connectivity index (χ1n) is 4.65. The van der Waals surface area contributed by atoms with Crippen molar-refractivity contribution in [1.29, 1.82) is 0 Å². The van der Waals surface area contributed by atoms with Gasteiger partial charge in [-0.2, -0.15) is 5.10 Å². The van der Waals surface area contributed by atoms with E-state index in [1.165, 1.54) is 5.48 Å². The summed E-state index contributed by atoms with van der Waals surface area (Å²) in [5, 5.41) is 36.2. The first-order chi connectivity index (χ1) is 8.95. The molecule has 0 aliphatic carbocycles. The molecule has 0 radical (unpaired) electrons. The van der Waals surface area contributed by atoms with Gasteiger partial charge in [-0.3, -0.25) is 25.4 Å². The number of benzene rings is 1. The molecule has 108 valence electrons. The minimum atomic E-state index is -0.786. The van der Waals surface area contributed by atoms with Gasteiger partial charge in [0.2, 0.25) is 5.96 Å². The van der Waals surface area contributed by atoms with Crippen LogP contribution in [-0.4, -0.2) is 27.2 Å². The number of nitrogens with two attached hydrogens (primary N) is 1. The molecule has 0 fully saturated rings. The first-order valence-corrected chi connectivity index (χ1v) is 4.65. The smallest absolute Gasteiger partial charge is 0.285 e. The van der Waals surface area contributed by atoms with Gasteiger partial charge in [0.1, 0.15) is 0 Å². The van der Waals surface area contributed by atoms with E-state index in [4.69, 9.17) is 10.9 Å². The van der Waals surface area contributed by atoms with Gasteiger partial charge >= 0.3 is 0 Å². The Labute approximate surface area is 117 Å². The van der Waals surface area contributed by atoms with Crippen LogP contribution in [0.25, 0.3) is 0 Å². The lowest BCUT2D eigenvalue weighted by molar-refractivity contribution is -0.394. The lowest BCUT2D eigenvalue weighted by Gasteiger charge is -1.97. The van der Waals surface area contributed by atoms with Crippen LogP contribution in [0.15, 0.2) is 28.4 Å². The zero-order valence-electron chi connectivity index (χ0n) is 9.66. The maximum atomic E-state index is 10.8. The second-order valence-corrected chi connectivity index (χ2v) is 3.10. The second-order valence-electron chi connectivity index (χ2n) is 3.10. The van der Waals surface area contributed by atoms with E-state index in [9.17, 15) is 20.2 Å². The normalized spacial score (nSPS) is 10.9. The molecule has 0 heterocycles. The SMILES string of the molecule is Cl.NC(=N/N=C/c1ccc([N+](=O)[O-])cc1[N+](=O)[O-])NO. The van der Waals surface area contributed by atoms with Crippen molar-refractivity contribution in [3.63, 3.8) is 0 Å². The predicted molar refractivity (Wildman–Crippen MR) is 71.1 cm³/mol. The molecule has 12 heteroatoms. The minimum Gasteiger partial charge on any atom is -0.367 e. The van der Waals surface area contributed by atoms with Crippen LogP contribution in [0.4, 0.5) is 11.4 Å². The van der Waals surface area contributed by atoms with Gasteiger partial charge in [-0.05, 0) is 6.07 Å². The average Bonchev–Trinajstić information content (AvgIpc) is 2.38. The largest absolute Gasteiger partial charge is 0.367 e. The Kier molecular flexibility index (Phi) is 6.54. The number of hydroxylamine groups is 1. The van der Waals surface area contributed by atoms with Crippen LogP contribution in [0.1, 0.15) is 5.56 Å². The van der Waals surface area contributed by atoms with E-state index >= 15 is 0 Å². The summed E-state index contributed by atoms with van der Waals surface area (Å²) in [6, 6.07) is 3.04. The Morgan fingerprint density at radius 1 is 1.35 bits per heavy atom. The summed E-state index contributed by atoms with van der Waals surface area (Å²) in [4.78, 5) is 19.7. The van der Waals surface area contributed by atoms with Crippen molar-refractivity contribution in [2.45, 2.75) is 0 Å². The van der Waals surface area contributed by atoms with Crippen LogP contribution in [0.2, 0.25) is 0 Å². The van der Waals surface area contributed by atoms with Crippen LogP contribution in [0, 0.1) is 20.2 Å². The van der Waals surface area contributed by atoms with Crippen molar-refractivity contribution in [3.05, 3.63) is 44.0 Å². The molecule has 20 heavy (non-hydrogen) atoms. The van der Waals surface area contributed by atoms with Crippen LogP contribution in [0.3, 0.4) is 0 Å². The van der Waals surface area contributed by atoms with Crippen molar-refractivity contribution < 1.29 is 15.1 Å². The number of nitro groups is 2. The predicted octanol–water partition coefficient (Wildman–Crippen LogP) is 0.552. The fraction of sp³-hybridized carbons (Fsp3) is 0. The van der Waals surface area contributed by atoms with Gasteiger partial charge in [-0.15, -0.1) is 17.5 Å². The van der Waals surface area contributed by atoms with Gasteiger partial charge < -0.3 is 5.73 Å². The highest BCUT2D eigenvalue weighted by Gasteiger charge is 2.18. The molecular weight excluding hydrogens is 296 g/mol. The standard InChI is InChI=1S/C8H8N6O5.ClH/c9-8(12-15)11-10-4-5-1-2-6(13(16)17)3-7(5)14(18)19;/h1-4,15H,(H3,9,11,12);1H/b10-4+;. The van der Waals surface area contributed by atoms with Gasteiger partial charge in [0.25, 0.3) is 11.4 Å². The Bertz CT molecular complexity index is 574. The Balaban J connectivity index is 0.00000361. The molecule has 0 aromatic heterocycles. The Hall–Kier alpha value is -2.79. The summed E-state index contributed by atoms with van der Waals surface area (Å²) in [6.07, 6.45) is 0.978. The van der Waals surface area contributed by atoms with Crippen LogP contribution < -0.4 is 11.2 Å². The zero-order valence-corrected chi connectivity index (χ0v) is 10.5. The quantitative estimate of drug-likeness (QED) is 0.315. The van der Waals surface area contributed by atoms with E-state index in [0.717, 1.165) is 24.4 Å². The average molecular weight is 305 g/mol. The Morgan fingerprint density at radius 3 is 2.50 bits per heavy atom. The fourth-order valence-electron chi connectivity index (χ4n) is 1.09. The van der Waals surface area contributed by atoms with Gasteiger partial charge in [0, 0.05) is 6.07 Å². The van der Waals surface area contributed by atoms with Crippen LogP contribution >= 0.6 is 12.4 Å². The molecule has 1 aromatic rings. The minimum absolute atomic E-state index is 0. The monoisotopic (exact) mass is 304 g/mol. The summed E-state index contributed by atoms with van der Waals surface area (Å²) >= 11 is 0. The number of hydrogen-bond donors (Lipinski definition) is 3. The summed E-state index contributed by atoms with van der Waals surface area (Å²) < 4.78 is 0. The van der Waals surface area contributed by atoms with E-state index in [1.807, 2.05) is 0 Å². The highest BCUT2D eigenvalue weighted by Crippen LogP contribution is 2.23. The number of guanidine groups is 1. The number of nitrogens with zero attached hydrogens (tertiary/aromatic N) is 4. The highest BCUT2D eigenvalue weighted by molar-refractivity contribution is 5.86. The number of rotatable bonds is 4. The summed E-state index contributed by atoms with van der Waals surface area (Å²) in [5.74, 6) is -0.416. The fourth-order valence-corrected chi connectivity index (χ4v) is 1.09. The number of nitrogens with one attached hydrogen (secondary N) is 1. The molecule has 0 aliphatic heterocycles. The van der Waals surface area contributed by atoms with E-state index in [-0.39, 0.29) is 18.0 Å². The zero-order chi connectivity index (χ0) is 14.4. The lowest BCUT2D eigenvalue weighted by Crippen LogP contribution is -2.27. The third kappa shape index (κ3) is 4.47. The first kappa shape index (κ1) is 17.2. The van der Waals surface area contributed by atoms with Crippen molar-refractivity contribution in [2.75, 3.05) is 0 Å². The number of non-ortho nitro benzene ring substituents is 1. The molecule has 1 rings (SSSR count). The molecule has 0 amide bonds. The topological polar surface area (TPSA) is 169 Å². The van der Waals surface area contributed by atoms with Crippen LogP contribution in [0.5, 0.6) is 0 Å². The number of hydrogen-bond acceptors (Lipinski definition) is 7. The lowest BCUT2D eigenvalue weighted by atomic mass is 10.2. The van der Waals surface area contributed by atoms with Crippen molar-refractivity contribution >= 4 is 36.0 Å². The summed E-state index contributed by atoms with van der Waals surface area (Å²) in [6.45, 7) is 0. The van der Waals surface area contributed by atoms with E-state index in [1.54, 1.807) is 0 Å². The third-order valence-corrected chi connectivity index (χ3v) is 1.90. The molecule has 0 saturated carbocycles. The molecule has 0 unspecified atom stereocenters. The molecule has 1 aromatic carbocycles. The maximum Gasteiger partial charge on any atom is 0.285 e. The molecule has 0 aliphatic rings. The number of nitro benzene ring substituents is 2. The molecule has 11 nitrogen and oxygen atoms in total. The highest BCUT2D eigenvalue weighted by atomic mass is 35.5. The van der Waals surface area contributed by atoms with Crippen LogP contribution in [-0.2, 0) is 0 Å². The molecular formula is C8H9ClN6O5.